The zero-order valence-electron chi connectivity index (χ0n) is 10.8. The zero-order chi connectivity index (χ0) is 12.8. The second kappa shape index (κ2) is 8.62. The minimum absolute atomic E-state index is 0. The van der Waals surface area contributed by atoms with Gasteiger partial charge in [-0.05, 0) is 40.0 Å². The Balaban J connectivity index is 0.00000289. The van der Waals surface area contributed by atoms with Gasteiger partial charge in [-0.3, -0.25) is 0 Å². The number of nitrogens with two attached hydrogens (primary N) is 1. The molecular formula is C13H21BrClNO2. The number of phenolic OH excluding ortho intramolecular Hbond substituents is 1. The predicted octanol–water partition coefficient (Wildman–Crippen LogP) is 4.17. The van der Waals surface area contributed by atoms with Gasteiger partial charge < -0.3 is 15.6 Å². The van der Waals surface area contributed by atoms with Crippen LogP contribution in [0.15, 0.2) is 16.6 Å². The van der Waals surface area contributed by atoms with Crippen molar-refractivity contribution < 1.29 is 9.84 Å². The minimum atomic E-state index is -0.00708. The summed E-state index contributed by atoms with van der Waals surface area (Å²) in [7, 11) is 1.54. The molecule has 0 aliphatic carbocycles. The molecule has 0 spiro atoms. The molecule has 0 bridgehead atoms. The van der Waals surface area contributed by atoms with Crippen molar-refractivity contribution in [2.45, 2.75) is 38.6 Å². The number of hydrogen-bond donors (Lipinski definition) is 2. The SMILES string of the molecule is CCCCC[C@H](N)c1cc(Br)c(O)c(OC)c1.Cl. The van der Waals surface area contributed by atoms with E-state index in [2.05, 4.69) is 22.9 Å². The molecule has 1 aromatic rings. The van der Waals surface area contributed by atoms with Gasteiger partial charge in [0.2, 0.25) is 0 Å². The van der Waals surface area contributed by atoms with E-state index in [1.165, 1.54) is 20.0 Å². The van der Waals surface area contributed by atoms with Crippen molar-refractivity contribution in [3.63, 3.8) is 0 Å². The Bertz CT molecular complexity index is 374. The quantitative estimate of drug-likeness (QED) is 0.766. The van der Waals surface area contributed by atoms with Crippen LogP contribution >= 0.6 is 28.3 Å². The molecule has 0 aliphatic heterocycles. The summed E-state index contributed by atoms with van der Waals surface area (Å²) in [5, 5.41) is 9.71. The van der Waals surface area contributed by atoms with Crippen molar-refractivity contribution in [3.8, 4) is 11.5 Å². The summed E-state index contributed by atoms with van der Waals surface area (Å²) in [4.78, 5) is 0. The average Bonchev–Trinajstić information content (AvgIpc) is 2.32. The molecule has 0 aliphatic rings. The second-order valence-corrected chi connectivity index (χ2v) is 5.01. The number of ether oxygens (including phenoxy) is 1. The van der Waals surface area contributed by atoms with Crippen molar-refractivity contribution in [2.24, 2.45) is 5.73 Å². The monoisotopic (exact) mass is 337 g/mol. The van der Waals surface area contributed by atoms with Crippen LogP contribution in [-0.2, 0) is 0 Å². The summed E-state index contributed by atoms with van der Waals surface area (Å²) in [5.74, 6) is 0.581. The fourth-order valence-electron chi connectivity index (χ4n) is 1.74. The summed E-state index contributed by atoms with van der Waals surface area (Å²) in [6.45, 7) is 2.17. The van der Waals surface area contributed by atoms with Gasteiger partial charge in [-0.15, -0.1) is 12.4 Å². The lowest BCUT2D eigenvalue weighted by atomic mass is 10.0. The number of aromatic hydroxyl groups is 1. The van der Waals surface area contributed by atoms with Gasteiger partial charge in [0.1, 0.15) is 0 Å². The molecule has 3 N–H and O–H groups in total. The lowest BCUT2D eigenvalue weighted by Gasteiger charge is -2.14. The van der Waals surface area contributed by atoms with Gasteiger partial charge in [0.15, 0.2) is 11.5 Å². The first kappa shape index (κ1) is 17.6. The van der Waals surface area contributed by atoms with E-state index in [0.29, 0.717) is 10.2 Å². The van der Waals surface area contributed by atoms with E-state index in [1.54, 1.807) is 6.07 Å². The molecule has 5 heteroatoms. The number of hydrogen-bond acceptors (Lipinski definition) is 3. The van der Waals surface area contributed by atoms with Crippen LogP contribution in [0.3, 0.4) is 0 Å². The van der Waals surface area contributed by atoms with Crippen molar-refractivity contribution in [1.29, 1.82) is 0 Å². The first-order chi connectivity index (χ1) is 8.10. The highest BCUT2D eigenvalue weighted by Gasteiger charge is 2.13. The molecule has 0 unspecified atom stereocenters. The van der Waals surface area contributed by atoms with Crippen LogP contribution in [0.25, 0.3) is 0 Å². The first-order valence-electron chi connectivity index (χ1n) is 5.92. The van der Waals surface area contributed by atoms with Crippen LogP contribution in [0, 0.1) is 0 Å². The minimum Gasteiger partial charge on any atom is -0.503 e. The maximum absolute atomic E-state index is 9.71. The molecule has 18 heavy (non-hydrogen) atoms. The number of methoxy groups -OCH3 is 1. The smallest absolute Gasteiger partial charge is 0.172 e. The highest BCUT2D eigenvalue weighted by Crippen LogP contribution is 2.37. The molecule has 3 nitrogen and oxygen atoms in total. The summed E-state index contributed by atoms with van der Waals surface area (Å²) in [6.07, 6.45) is 4.46. The molecule has 0 fully saturated rings. The lowest BCUT2D eigenvalue weighted by molar-refractivity contribution is 0.370. The number of rotatable bonds is 6. The average molecular weight is 339 g/mol. The largest absolute Gasteiger partial charge is 0.503 e. The van der Waals surface area contributed by atoms with Crippen LogP contribution in [-0.4, -0.2) is 12.2 Å². The Kier molecular flexibility index (Phi) is 8.40. The molecule has 0 saturated heterocycles. The van der Waals surface area contributed by atoms with E-state index < -0.39 is 0 Å². The van der Waals surface area contributed by atoms with E-state index in [4.69, 9.17) is 10.5 Å². The van der Waals surface area contributed by atoms with Crippen LogP contribution in [0.4, 0.5) is 0 Å². The van der Waals surface area contributed by atoms with Gasteiger partial charge in [-0.1, -0.05) is 26.2 Å². The van der Waals surface area contributed by atoms with Gasteiger partial charge in [0.05, 0.1) is 11.6 Å². The Hall–Kier alpha value is -0.450. The van der Waals surface area contributed by atoms with Gasteiger partial charge in [0, 0.05) is 6.04 Å². The third kappa shape index (κ3) is 4.67. The normalized spacial score (nSPS) is 11.8. The van der Waals surface area contributed by atoms with Crippen LogP contribution < -0.4 is 10.5 Å². The number of benzene rings is 1. The molecular weight excluding hydrogens is 318 g/mol. The first-order valence-corrected chi connectivity index (χ1v) is 6.71. The molecule has 0 aromatic heterocycles. The number of unbranched alkanes of at least 4 members (excludes halogenated alkanes) is 2. The van der Waals surface area contributed by atoms with E-state index in [-0.39, 0.29) is 24.2 Å². The van der Waals surface area contributed by atoms with E-state index in [0.717, 1.165) is 18.4 Å². The number of phenols is 1. The molecule has 1 rings (SSSR count). The van der Waals surface area contributed by atoms with Crippen LogP contribution in [0.1, 0.15) is 44.2 Å². The van der Waals surface area contributed by atoms with E-state index >= 15 is 0 Å². The third-order valence-corrected chi connectivity index (χ3v) is 3.42. The fraction of sp³-hybridized carbons (Fsp3) is 0.538. The summed E-state index contributed by atoms with van der Waals surface area (Å²) in [6, 6.07) is 3.65. The maximum atomic E-state index is 9.71. The van der Waals surface area contributed by atoms with Gasteiger partial charge in [-0.25, -0.2) is 0 Å². The Morgan fingerprint density at radius 1 is 1.39 bits per heavy atom. The van der Waals surface area contributed by atoms with Crippen LogP contribution in [0.5, 0.6) is 11.5 Å². The molecule has 1 aromatic carbocycles. The lowest BCUT2D eigenvalue weighted by Crippen LogP contribution is -2.10. The number of halogens is 2. The summed E-state index contributed by atoms with van der Waals surface area (Å²) in [5.41, 5.74) is 7.11. The van der Waals surface area contributed by atoms with Crippen molar-refractivity contribution in [3.05, 3.63) is 22.2 Å². The molecule has 104 valence electrons. The predicted molar refractivity (Wildman–Crippen MR) is 80.7 cm³/mol. The third-order valence-electron chi connectivity index (χ3n) is 2.82. The fourth-order valence-corrected chi connectivity index (χ4v) is 2.20. The highest BCUT2D eigenvalue weighted by molar-refractivity contribution is 9.10. The molecule has 0 heterocycles. The van der Waals surface area contributed by atoms with E-state index in [9.17, 15) is 5.11 Å². The summed E-state index contributed by atoms with van der Waals surface area (Å²) >= 11 is 3.30. The molecule has 1 atom stereocenters. The molecule has 0 saturated carbocycles. The van der Waals surface area contributed by atoms with Gasteiger partial charge in [0.25, 0.3) is 0 Å². The van der Waals surface area contributed by atoms with Gasteiger partial charge >= 0.3 is 0 Å². The topological polar surface area (TPSA) is 55.5 Å². The van der Waals surface area contributed by atoms with Crippen LogP contribution in [0.2, 0.25) is 0 Å². The van der Waals surface area contributed by atoms with E-state index in [1.807, 2.05) is 6.07 Å². The highest BCUT2D eigenvalue weighted by atomic mass is 79.9. The Labute approximate surface area is 123 Å². The van der Waals surface area contributed by atoms with Crippen molar-refractivity contribution in [2.75, 3.05) is 7.11 Å². The zero-order valence-corrected chi connectivity index (χ0v) is 13.2. The summed E-state index contributed by atoms with van der Waals surface area (Å²) < 4.78 is 5.73. The molecule has 0 radical (unpaired) electrons. The van der Waals surface area contributed by atoms with Gasteiger partial charge in [-0.2, -0.15) is 0 Å². The molecule has 0 amide bonds. The van der Waals surface area contributed by atoms with Crippen molar-refractivity contribution >= 4 is 28.3 Å². The maximum Gasteiger partial charge on any atom is 0.172 e. The second-order valence-electron chi connectivity index (χ2n) is 4.16. The Morgan fingerprint density at radius 2 is 2.06 bits per heavy atom. The standard InChI is InChI=1S/C13H20BrNO2.ClH/c1-3-4-5-6-11(15)9-7-10(14)13(16)12(8-9)17-2;/h7-8,11,16H,3-6,15H2,1-2H3;1H/t11-;/m0./s1. The van der Waals surface area contributed by atoms with Crippen molar-refractivity contribution in [1.82, 2.24) is 0 Å². The Morgan fingerprint density at radius 3 is 2.61 bits per heavy atom.